The predicted octanol–water partition coefficient (Wildman–Crippen LogP) is 2.58. The van der Waals surface area contributed by atoms with E-state index in [0.717, 1.165) is 37.8 Å². The van der Waals surface area contributed by atoms with Crippen molar-refractivity contribution in [2.45, 2.75) is 69.9 Å². The molecule has 5 heteroatoms. The van der Waals surface area contributed by atoms with E-state index in [9.17, 15) is 4.79 Å². The van der Waals surface area contributed by atoms with Crippen molar-refractivity contribution < 1.29 is 9.53 Å². The first-order chi connectivity index (χ1) is 10.2. The Morgan fingerprint density at radius 2 is 2.29 bits per heavy atom. The van der Waals surface area contributed by atoms with E-state index in [-0.39, 0.29) is 17.6 Å². The molecule has 2 N–H and O–H groups in total. The number of ether oxygens (including phenoxy) is 1. The van der Waals surface area contributed by atoms with E-state index in [4.69, 9.17) is 4.74 Å². The summed E-state index contributed by atoms with van der Waals surface area (Å²) in [7, 11) is 0. The Kier molecular flexibility index (Phi) is 4.29. The van der Waals surface area contributed by atoms with Gasteiger partial charge in [-0.15, -0.1) is 0 Å². The van der Waals surface area contributed by atoms with Crippen molar-refractivity contribution in [3.63, 3.8) is 0 Å². The van der Waals surface area contributed by atoms with Gasteiger partial charge in [-0.3, -0.25) is 9.89 Å². The minimum atomic E-state index is -0.0879. The molecule has 1 aliphatic heterocycles. The summed E-state index contributed by atoms with van der Waals surface area (Å²) in [5, 5.41) is 10.1. The summed E-state index contributed by atoms with van der Waals surface area (Å²) < 4.78 is 6.03. The zero-order valence-corrected chi connectivity index (χ0v) is 12.8. The Labute approximate surface area is 125 Å². The van der Waals surface area contributed by atoms with E-state index >= 15 is 0 Å². The number of nitrogens with zero attached hydrogens (tertiary/aromatic N) is 1. The van der Waals surface area contributed by atoms with E-state index in [1.165, 1.54) is 19.3 Å². The molecule has 0 aromatic carbocycles. The van der Waals surface area contributed by atoms with Crippen LogP contribution in [0.2, 0.25) is 0 Å². The number of aromatic nitrogens is 2. The lowest BCUT2D eigenvalue weighted by Crippen LogP contribution is -2.37. The molecule has 0 radical (unpaired) electrons. The van der Waals surface area contributed by atoms with Crippen LogP contribution in [0.4, 0.5) is 0 Å². The first-order valence-corrected chi connectivity index (χ1v) is 8.20. The Hall–Kier alpha value is -1.36. The normalized spacial score (nSPS) is 24.3. The monoisotopic (exact) mass is 291 g/mol. The number of hydrogen-bond acceptors (Lipinski definition) is 3. The van der Waals surface area contributed by atoms with E-state index in [2.05, 4.69) is 22.4 Å². The van der Waals surface area contributed by atoms with E-state index < -0.39 is 0 Å². The maximum Gasteiger partial charge on any atom is 0.272 e. The molecule has 1 atom stereocenters. The van der Waals surface area contributed by atoms with Gasteiger partial charge in [0.25, 0.3) is 5.91 Å². The van der Waals surface area contributed by atoms with Crippen LogP contribution in [0, 0.1) is 0 Å². The van der Waals surface area contributed by atoms with Gasteiger partial charge in [0.05, 0.1) is 18.2 Å². The van der Waals surface area contributed by atoms with Crippen molar-refractivity contribution in [2.24, 2.45) is 0 Å². The SMILES string of the molecule is CCCc1cc(C(=O)N[C@@H]2COC3(CCCCC3)C2)n[nH]1. The molecule has 1 aromatic heterocycles. The fraction of sp³-hybridized carbons (Fsp3) is 0.750. The topological polar surface area (TPSA) is 67.0 Å². The van der Waals surface area contributed by atoms with Gasteiger partial charge in [0, 0.05) is 5.69 Å². The minimum absolute atomic E-state index is 0.0368. The molecule has 1 spiro atoms. The molecular weight excluding hydrogens is 266 g/mol. The smallest absolute Gasteiger partial charge is 0.272 e. The van der Waals surface area contributed by atoms with Gasteiger partial charge in [-0.1, -0.05) is 32.6 Å². The number of carbonyl (C=O) groups excluding carboxylic acids is 1. The van der Waals surface area contributed by atoms with Crippen molar-refractivity contribution in [1.82, 2.24) is 15.5 Å². The Balaban J connectivity index is 1.55. The summed E-state index contributed by atoms with van der Waals surface area (Å²) in [6.07, 6.45) is 9.02. The number of aromatic amines is 1. The molecular formula is C16H25N3O2. The third-order valence-corrected chi connectivity index (χ3v) is 4.69. The standard InChI is InChI=1S/C16H25N3O2/c1-2-6-12-9-14(19-18-12)15(20)17-13-10-16(21-11-13)7-4-3-5-8-16/h9,13H,2-8,10-11H2,1H3,(H,17,20)(H,18,19)/t13-/m0/s1. The summed E-state index contributed by atoms with van der Waals surface area (Å²) in [6, 6.07) is 1.98. The van der Waals surface area contributed by atoms with Gasteiger partial charge in [-0.2, -0.15) is 5.10 Å². The lowest BCUT2D eigenvalue weighted by molar-refractivity contribution is -0.0246. The zero-order valence-electron chi connectivity index (χ0n) is 12.8. The van der Waals surface area contributed by atoms with Crippen molar-refractivity contribution >= 4 is 5.91 Å². The van der Waals surface area contributed by atoms with Gasteiger partial charge >= 0.3 is 0 Å². The van der Waals surface area contributed by atoms with Crippen LogP contribution in [0.5, 0.6) is 0 Å². The summed E-state index contributed by atoms with van der Waals surface area (Å²) in [5.74, 6) is -0.0879. The van der Waals surface area contributed by atoms with Crippen LogP contribution in [0.25, 0.3) is 0 Å². The van der Waals surface area contributed by atoms with Crippen LogP contribution < -0.4 is 5.32 Å². The van der Waals surface area contributed by atoms with E-state index in [1.54, 1.807) is 0 Å². The summed E-state index contributed by atoms with van der Waals surface area (Å²) in [5.41, 5.74) is 1.55. The molecule has 2 fully saturated rings. The molecule has 1 saturated heterocycles. The van der Waals surface area contributed by atoms with E-state index in [1.807, 2.05) is 6.07 Å². The molecule has 1 saturated carbocycles. The second-order valence-electron chi connectivity index (χ2n) is 6.46. The molecule has 5 nitrogen and oxygen atoms in total. The number of amides is 1. The molecule has 1 aliphatic carbocycles. The highest BCUT2D eigenvalue weighted by Gasteiger charge is 2.41. The lowest BCUT2D eigenvalue weighted by Gasteiger charge is -2.32. The van der Waals surface area contributed by atoms with Crippen molar-refractivity contribution in [3.8, 4) is 0 Å². The van der Waals surface area contributed by atoms with Gasteiger partial charge in [-0.25, -0.2) is 0 Å². The molecule has 2 heterocycles. The minimum Gasteiger partial charge on any atom is -0.373 e. The number of H-pyrrole nitrogens is 1. The van der Waals surface area contributed by atoms with Gasteiger partial charge in [0.1, 0.15) is 5.69 Å². The number of rotatable bonds is 4. The summed E-state index contributed by atoms with van der Waals surface area (Å²) in [4.78, 5) is 12.2. The lowest BCUT2D eigenvalue weighted by atomic mass is 9.82. The fourth-order valence-electron chi connectivity index (χ4n) is 3.62. The highest BCUT2D eigenvalue weighted by Crippen LogP contribution is 2.39. The number of carbonyl (C=O) groups is 1. The largest absolute Gasteiger partial charge is 0.373 e. The Morgan fingerprint density at radius 3 is 3.05 bits per heavy atom. The van der Waals surface area contributed by atoms with E-state index in [0.29, 0.717) is 12.3 Å². The number of hydrogen-bond donors (Lipinski definition) is 2. The maximum atomic E-state index is 12.2. The quantitative estimate of drug-likeness (QED) is 0.896. The molecule has 0 bridgehead atoms. The molecule has 0 unspecified atom stereocenters. The Morgan fingerprint density at radius 1 is 1.48 bits per heavy atom. The van der Waals surface area contributed by atoms with Gasteiger partial charge in [0.2, 0.25) is 0 Å². The predicted molar refractivity (Wildman–Crippen MR) is 80.2 cm³/mol. The van der Waals surface area contributed by atoms with Crippen molar-refractivity contribution in [2.75, 3.05) is 6.61 Å². The highest BCUT2D eigenvalue weighted by molar-refractivity contribution is 5.92. The molecule has 116 valence electrons. The molecule has 2 aliphatic rings. The van der Waals surface area contributed by atoms with Crippen LogP contribution in [-0.4, -0.2) is 34.4 Å². The fourth-order valence-corrected chi connectivity index (χ4v) is 3.62. The highest BCUT2D eigenvalue weighted by atomic mass is 16.5. The average molecular weight is 291 g/mol. The third-order valence-electron chi connectivity index (χ3n) is 4.69. The molecule has 1 aromatic rings. The second kappa shape index (κ2) is 6.18. The van der Waals surface area contributed by atoms with Crippen molar-refractivity contribution in [3.05, 3.63) is 17.5 Å². The van der Waals surface area contributed by atoms with Crippen LogP contribution in [0.1, 0.15) is 68.1 Å². The first-order valence-electron chi connectivity index (χ1n) is 8.20. The van der Waals surface area contributed by atoms with Crippen LogP contribution in [0.15, 0.2) is 6.07 Å². The maximum absolute atomic E-state index is 12.2. The van der Waals surface area contributed by atoms with Gasteiger partial charge in [0.15, 0.2) is 0 Å². The Bertz CT molecular complexity index is 491. The number of nitrogens with one attached hydrogen (secondary N) is 2. The van der Waals surface area contributed by atoms with Crippen LogP contribution >= 0.6 is 0 Å². The number of aryl methyl sites for hydroxylation is 1. The summed E-state index contributed by atoms with van der Waals surface area (Å²) >= 11 is 0. The molecule has 3 rings (SSSR count). The third kappa shape index (κ3) is 3.28. The van der Waals surface area contributed by atoms with Crippen LogP contribution in [-0.2, 0) is 11.2 Å². The average Bonchev–Trinajstić information content (AvgIpc) is 3.09. The summed E-state index contributed by atoms with van der Waals surface area (Å²) in [6.45, 7) is 2.75. The molecule has 21 heavy (non-hydrogen) atoms. The zero-order chi connectivity index (χ0) is 14.7. The van der Waals surface area contributed by atoms with Crippen molar-refractivity contribution in [1.29, 1.82) is 0 Å². The van der Waals surface area contributed by atoms with Crippen LogP contribution in [0.3, 0.4) is 0 Å². The first kappa shape index (κ1) is 14.6. The second-order valence-corrected chi connectivity index (χ2v) is 6.46. The van der Waals surface area contributed by atoms with Gasteiger partial charge in [-0.05, 0) is 31.7 Å². The molecule has 1 amide bonds. The van der Waals surface area contributed by atoms with Gasteiger partial charge < -0.3 is 10.1 Å².